The van der Waals surface area contributed by atoms with Gasteiger partial charge in [0.1, 0.15) is 5.54 Å². The summed E-state index contributed by atoms with van der Waals surface area (Å²) in [5.41, 5.74) is -0.966. The molecule has 0 heterocycles. The third kappa shape index (κ3) is 3.76. The fourth-order valence-corrected chi connectivity index (χ4v) is 1.93. The fourth-order valence-electron chi connectivity index (χ4n) is 1.93. The van der Waals surface area contributed by atoms with Crippen molar-refractivity contribution in [2.45, 2.75) is 57.1 Å². The highest BCUT2D eigenvalue weighted by Gasteiger charge is 2.32. The molecule has 1 unspecified atom stereocenters. The van der Waals surface area contributed by atoms with Crippen LogP contribution >= 0.6 is 0 Å². The van der Waals surface area contributed by atoms with E-state index in [0.717, 1.165) is 12.8 Å². The topological polar surface area (TPSA) is 58.6 Å². The zero-order valence-corrected chi connectivity index (χ0v) is 10.3. The van der Waals surface area contributed by atoms with Gasteiger partial charge >= 0.3 is 5.97 Å². The molecule has 1 aliphatic rings. The molecule has 1 atom stereocenters. The summed E-state index contributed by atoms with van der Waals surface area (Å²) >= 11 is 0. The fraction of sp³-hybridized carbons (Fsp3) is 0.917. The molecule has 0 aromatic heterocycles. The maximum absolute atomic E-state index is 11.1. The van der Waals surface area contributed by atoms with E-state index in [9.17, 15) is 4.79 Å². The maximum atomic E-state index is 11.1. The number of nitrogens with one attached hydrogen (secondary N) is 1. The van der Waals surface area contributed by atoms with E-state index >= 15 is 0 Å². The van der Waals surface area contributed by atoms with E-state index in [1.165, 1.54) is 25.7 Å². The maximum Gasteiger partial charge on any atom is 0.326 e. The first-order chi connectivity index (χ1) is 7.58. The largest absolute Gasteiger partial charge is 0.480 e. The minimum atomic E-state index is -0.966. The molecule has 4 nitrogen and oxygen atoms in total. The van der Waals surface area contributed by atoms with Gasteiger partial charge in [0, 0.05) is 0 Å². The number of rotatable bonds is 5. The molecule has 0 aliphatic heterocycles. The van der Waals surface area contributed by atoms with Gasteiger partial charge in [0.05, 0.1) is 12.7 Å². The number of aliphatic carboxylic acids is 1. The van der Waals surface area contributed by atoms with Crippen molar-refractivity contribution in [3.63, 3.8) is 0 Å². The quantitative estimate of drug-likeness (QED) is 0.706. The van der Waals surface area contributed by atoms with Crippen LogP contribution in [0.4, 0.5) is 0 Å². The van der Waals surface area contributed by atoms with Gasteiger partial charge in [-0.15, -0.1) is 0 Å². The summed E-state index contributed by atoms with van der Waals surface area (Å²) < 4.78 is 5.74. The van der Waals surface area contributed by atoms with Crippen LogP contribution in [0.25, 0.3) is 0 Å². The molecule has 0 aromatic rings. The van der Waals surface area contributed by atoms with Crippen LogP contribution in [0.3, 0.4) is 0 Å². The van der Waals surface area contributed by atoms with Crippen LogP contribution in [0.5, 0.6) is 0 Å². The third-order valence-electron chi connectivity index (χ3n) is 3.43. The van der Waals surface area contributed by atoms with E-state index in [1.54, 1.807) is 14.0 Å². The molecule has 0 bridgehead atoms. The number of ether oxygens (including phenoxy) is 1. The SMILES string of the molecule is CNC(C)(COC1CCCCCC1)C(=O)O. The Balaban J connectivity index is 2.39. The second kappa shape index (κ2) is 6.21. The van der Waals surface area contributed by atoms with E-state index in [2.05, 4.69) is 5.32 Å². The van der Waals surface area contributed by atoms with Gasteiger partial charge in [-0.2, -0.15) is 0 Å². The average Bonchev–Trinajstić information content (AvgIpc) is 2.54. The number of hydrogen-bond donors (Lipinski definition) is 2. The van der Waals surface area contributed by atoms with Crippen LogP contribution in [0.1, 0.15) is 45.4 Å². The van der Waals surface area contributed by atoms with Crippen molar-refractivity contribution in [3.05, 3.63) is 0 Å². The van der Waals surface area contributed by atoms with Crippen molar-refractivity contribution >= 4 is 5.97 Å². The molecule has 2 N–H and O–H groups in total. The Labute approximate surface area is 97.4 Å². The number of carboxylic acid groups (broad SMARTS) is 1. The monoisotopic (exact) mass is 229 g/mol. The molecule has 0 saturated heterocycles. The smallest absolute Gasteiger partial charge is 0.326 e. The van der Waals surface area contributed by atoms with Crippen LogP contribution in [-0.2, 0) is 9.53 Å². The highest BCUT2D eigenvalue weighted by molar-refractivity contribution is 5.78. The summed E-state index contributed by atoms with van der Waals surface area (Å²) in [6.07, 6.45) is 7.35. The number of likely N-dealkylation sites (N-methyl/N-ethyl adjacent to an activating group) is 1. The van der Waals surface area contributed by atoms with Crippen LogP contribution in [-0.4, -0.2) is 36.4 Å². The summed E-state index contributed by atoms with van der Waals surface area (Å²) in [4.78, 5) is 11.1. The van der Waals surface area contributed by atoms with E-state index in [1.807, 2.05) is 0 Å². The van der Waals surface area contributed by atoms with Crippen LogP contribution < -0.4 is 5.32 Å². The highest BCUT2D eigenvalue weighted by Crippen LogP contribution is 2.20. The third-order valence-corrected chi connectivity index (χ3v) is 3.43. The van der Waals surface area contributed by atoms with Crippen molar-refractivity contribution in [1.82, 2.24) is 5.32 Å². The first kappa shape index (κ1) is 13.5. The van der Waals surface area contributed by atoms with E-state index in [0.29, 0.717) is 0 Å². The Bertz CT molecular complexity index is 224. The minimum absolute atomic E-state index is 0.240. The molecule has 16 heavy (non-hydrogen) atoms. The second-order valence-electron chi connectivity index (χ2n) is 4.81. The van der Waals surface area contributed by atoms with Gasteiger partial charge in [0.25, 0.3) is 0 Å². The van der Waals surface area contributed by atoms with Crippen molar-refractivity contribution < 1.29 is 14.6 Å². The molecule has 0 amide bonds. The number of hydrogen-bond acceptors (Lipinski definition) is 3. The predicted molar refractivity (Wildman–Crippen MR) is 62.5 cm³/mol. The molecule has 0 aromatic carbocycles. The lowest BCUT2D eigenvalue weighted by atomic mass is 10.0. The summed E-state index contributed by atoms with van der Waals surface area (Å²) in [5, 5.41) is 11.9. The molecule has 94 valence electrons. The Kier molecular flexibility index (Phi) is 5.22. The van der Waals surface area contributed by atoms with Gasteiger partial charge in [0.2, 0.25) is 0 Å². The highest BCUT2D eigenvalue weighted by atomic mass is 16.5. The molecule has 1 saturated carbocycles. The lowest BCUT2D eigenvalue weighted by molar-refractivity contribution is -0.147. The van der Waals surface area contributed by atoms with Gasteiger partial charge in [-0.1, -0.05) is 25.7 Å². The average molecular weight is 229 g/mol. The van der Waals surface area contributed by atoms with Crippen LogP contribution in [0, 0.1) is 0 Å². The number of carboxylic acids is 1. The van der Waals surface area contributed by atoms with Gasteiger partial charge in [0.15, 0.2) is 0 Å². The molecular formula is C12H23NO3. The molecule has 1 aliphatic carbocycles. The lowest BCUT2D eigenvalue weighted by Gasteiger charge is -2.26. The van der Waals surface area contributed by atoms with Gasteiger partial charge in [-0.05, 0) is 26.8 Å². The first-order valence-electron chi connectivity index (χ1n) is 6.12. The lowest BCUT2D eigenvalue weighted by Crippen LogP contribution is -2.52. The van der Waals surface area contributed by atoms with E-state index in [4.69, 9.17) is 9.84 Å². The van der Waals surface area contributed by atoms with Gasteiger partial charge in [-0.3, -0.25) is 4.79 Å². The van der Waals surface area contributed by atoms with Crippen LogP contribution in [0.2, 0.25) is 0 Å². The van der Waals surface area contributed by atoms with Gasteiger partial charge < -0.3 is 15.2 Å². The molecule has 0 spiro atoms. The van der Waals surface area contributed by atoms with Crippen molar-refractivity contribution in [2.24, 2.45) is 0 Å². The summed E-state index contributed by atoms with van der Waals surface area (Å²) in [5.74, 6) is -0.858. The Morgan fingerprint density at radius 3 is 2.38 bits per heavy atom. The Morgan fingerprint density at radius 2 is 1.94 bits per heavy atom. The zero-order chi connectivity index (χ0) is 12.0. The van der Waals surface area contributed by atoms with Crippen molar-refractivity contribution in [1.29, 1.82) is 0 Å². The standard InChI is InChI=1S/C12H23NO3/c1-12(13-2,11(14)15)9-16-10-7-5-3-4-6-8-10/h10,13H,3-9H2,1-2H3,(H,14,15). The minimum Gasteiger partial charge on any atom is -0.480 e. The summed E-state index contributed by atoms with van der Waals surface area (Å²) in [7, 11) is 1.66. The van der Waals surface area contributed by atoms with Crippen LogP contribution in [0.15, 0.2) is 0 Å². The number of carbonyl (C=O) groups is 1. The summed E-state index contributed by atoms with van der Waals surface area (Å²) in [6, 6.07) is 0. The molecule has 1 rings (SSSR count). The summed E-state index contributed by atoms with van der Waals surface area (Å²) in [6.45, 7) is 1.90. The molecule has 1 fully saturated rings. The van der Waals surface area contributed by atoms with Crippen molar-refractivity contribution in [3.8, 4) is 0 Å². The second-order valence-corrected chi connectivity index (χ2v) is 4.81. The predicted octanol–water partition coefficient (Wildman–Crippen LogP) is 1.79. The normalized spacial score (nSPS) is 22.4. The van der Waals surface area contributed by atoms with Gasteiger partial charge in [-0.25, -0.2) is 0 Å². The molecule has 0 radical (unpaired) electrons. The Hall–Kier alpha value is -0.610. The Morgan fingerprint density at radius 1 is 1.38 bits per heavy atom. The first-order valence-corrected chi connectivity index (χ1v) is 6.12. The zero-order valence-electron chi connectivity index (χ0n) is 10.3. The van der Waals surface area contributed by atoms with E-state index < -0.39 is 11.5 Å². The van der Waals surface area contributed by atoms with E-state index in [-0.39, 0.29) is 12.7 Å². The van der Waals surface area contributed by atoms with Crippen molar-refractivity contribution in [2.75, 3.05) is 13.7 Å². The molecular weight excluding hydrogens is 206 g/mol. The molecule has 4 heteroatoms.